The Bertz CT molecular complexity index is 996. The van der Waals surface area contributed by atoms with Crippen molar-refractivity contribution in [1.82, 2.24) is 9.78 Å². The topological polar surface area (TPSA) is 125 Å². The maximum atomic E-state index is 12.8. The summed E-state index contributed by atoms with van der Waals surface area (Å²) in [7, 11) is 1.44. The molecule has 0 atom stereocenters. The minimum absolute atomic E-state index is 0.189. The molecule has 0 aliphatic rings. The van der Waals surface area contributed by atoms with Crippen LogP contribution in [0.1, 0.15) is 27.3 Å². The number of ether oxygens (including phenoxy) is 1. The third-order valence-electron chi connectivity index (χ3n) is 4.17. The SMILES string of the molecule is COc1ccc(NC(=O)c2nn(CCCN)c3ccccc23)cc1C(N)=O. The summed E-state index contributed by atoms with van der Waals surface area (Å²) < 4.78 is 6.89. The average Bonchev–Trinajstić information content (AvgIpc) is 3.05. The van der Waals surface area contributed by atoms with Gasteiger partial charge in [-0.05, 0) is 37.2 Å². The van der Waals surface area contributed by atoms with Gasteiger partial charge >= 0.3 is 0 Å². The van der Waals surface area contributed by atoms with E-state index in [9.17, 15) is 9.59 Å². The number of carbonyl (C=O) groups is 2. The fourth-order valence-electron chi connectivity index (χ4n) is 2.88. The maximum absolute atomic E-state index is 12.8. The second kappa shape index (κ2) is 7.88. The van der Waals surface area contributed by atoms with Crippen LogP contribution in [-0.2, 0) is 6.54 Å². The Morgan fingerprint density at radius 1 is 1.22 bits per heavy atom. The van der Waals surface area contributed by atoms with Gasteiger partial charge in [0.15, 0.2) is 5.69 Å². The zero-order chi connectivity index (χ0) is 19.4. The highest BCUT2D eigenvalue weighted by molar-refractivity contribution is 6.11. The number of methoxy groups -OCH3 is 1. The van der Waals surface area contributed by atoms with Crippen molar-refractivity contribution < 1.29 is 14.3 Å². The van der Waals surface area contributed by atoms with Gasteiger partial charge in [0.05, 0.1) is 18.2 Å². The number of nitrogens with one attached hydrogen (secondary N) is 1. The molecule has 0 radical (unpaired) electrons. The molecule has 3 aromatic rings. The van der Waals surface area contributed by atoms with Crippen LogP contribution in [0.15, 0.2) is 42.5 Å². The predicted molar refractivity (Wildman–Crippen MR) is 103 cm³/mol. The zero-order valence-electron chi connectivity index (χ0n) is 14.9. The molecular formula is C19H21N5O3. The summed E-state index contributed by atoms with van der Waals surface area (Å²) in [5.41, 5.74) is 12.7. The largest absolute Gasteiger partial charge is 0.496 e. The van der Waals surface area contributed by atoms with Crippen LogP contribution in [0, 0.1) is 0 Å². The summed E-state index contributed by atoms with van der Waals surface area (Å²) in [6, 6.07) is 12.2. The number of nitrogens with zero attached hydrogens (tertiary/aromatic N) is 2. The molecule has 0 fully saturated rings. The number of nitrogens with two attached hydrogens (primary N) is 2. The van der Waals surface area contributed by atoms with Gasteiger partial charge in [-0.3, -0.25) is 14.3 Å². The molecule has 1 heterocycles. The van der Waals surface area contributed by atoms with E-state index in [2.05, 4.69) is 10.4 Å². The number of aryl methyl sites for hydroxylation is 1. The first-order chi connectivity index (χ1) is 13.0. The van der Waals surface area contributed by atoms with Crippen molar-refractivity contribution in [2.75, 3.05) is 19.0 Å². The Kier molecular flexibility index (Phi) is 5.37. The number of anilines is 1. The second-order valence-corrected chi connectivity index (χ2v) is 5.96. The maximum Gasteiger partial charge on any atom is 0.276 e. The lowest BCUT2D eigenvalue weighted by Gasteiger charge is -2.09. The van der Waals surface area contributed by atoms with Crippen molar-refractivity contribution in [3.8, 4) is 5.75 Å². The van der Waals surface area contributed by atoms with Gasteiger partial charge in [-0.2, -0.15) is 5.10 Å². The molecule has 0 saturated carbocycles. The standard InChI is InChI=1S/C19H21N5O3/c1-27-16-8-7-12(11-14(16)18(21)25)22-19(26)17-13-5-2-3-6-15(13)24(23-17)10-4-9-20/h2-3,5-8,11H,4,9-10,20H2,1H3,(H2,21,25)(H,22,26). The highest BCUT2D eigenvalue weighted by Crippen LogP contribution is 2.24. The fraction of sp³-hybridized carbons (Fsp3) is 0.211. The van der Waals surface area contributed by atoms with E-state index in [1.54, 1.807) is 16.8 Å². The molecule has 0 saturated heterocycles. The molecule has 0 aliphatic heterocycles. The van der Waals surface area contributed by atoms with Gasteiger partial charge in [0.25, 0.3) is 11.8 Å². The van der Waals surface area contributed by atoms with Crippen LogP contribution in [0.25, 0.3) is 10.9 Å². The predicted octanol–water partition coefficient (Wildman–Crippen LogP) is 1.74. The van der Waals surface area contributed by atoms with E-state index in [1.807, 2.05) is 24.3 Å². The van der Waals surface area contributed by atoms with Crippen LogP contribution in [-0.4, -0.2) is 35.2 Å². The summed E-state index contributed by atoms with van der Waals surface area (Å²) in [6.45, 7) is 1.16. The molecule has 3 rings (SSSR count). The Morgan fingerprint density at radius 2 is 2.00 bits per heavy atom. The van der Waals surface area contributed by atoms with Crippen LogP contribution < -0.4 is 21.5 Å². The quantitative estimate of drug-likeness (QED) is 0.586. The number of amides is 2. The van der Waals surface area contributed by atoms with E-state index in [0.717, 1.165) is 17.3 Å². The number of hydrogen-bond donors (Lipinski definition) is 3. The van der Waals surface area contributed by atoms with Crippen molar-refractivity contribution in [2.24, 2.45) is 11.5 Å². The molecule has 140 valence electrons. The summed E-state index contributed by atoms with van der Waals surface area (Å²) in [4.78, 5) is 24.4. The first-order valence-electron chi connectivity index (χ1n) is 8.50. The number of fused-ring (bicyclic) bond motifs is 1. The second-order valence-electron chi connectivity index (χ2n) is 5.96. The third-order valence-corrected chi connectivity index (χ3v) is 4.17. The molecule has 27 heavy (non-hydrogen) atoms. The number of aromatic nitrogens is 2. The van der Waals surface area contributed by atoms with Gasteiger partial charge in [0, 0.05) is 17.6 Å². The molecule has 2 aromatic carbocycles. The number of benzene rings is 2. The molecule has 8 heteroatoms. The number of hydrogen-bond acceptors (Lipinski definition) is 5. The smallest absolute Gasteiger partial charge is 0.276 e. The van der Waals surface area contributed by atoms with E-state index in [4.69, 9.17) is 16.2 Å². The van der Waals surface area contributed by atoms with Gasteiger partial charge in [-0.15, -0.1) is 0 Å². The molecule has 5 N–H and O–H groups in total. The molecule has 1 aromatic heterocycles. The van der Waals surface area contributed by atoms with Crippen molar-refractivity contribution in [2.45, 2.75) is 13.0 Å². The van der Waals surface area contributed by atoms with Gasteiger partial charge in [-0.1, -0.05) is 18.2 Å². The number of primary amides is 1. The molecule has 0 spiro atoms. The molecule has 2 amide bonds. The lowest BCUT2D eigenvalue weighted by Crippen LogP contribution is -2.16. The van der Waals surface area contributed by atoms with E-state index < -0.39 is 5.91 Å². The Labute approximate surface area is 156 Å². The minimum Gasteiger partial charge on any atom is -0.496 e. The third kappa shape index (κ3) is 3.75. The van der Waals surface area contributed by atoms with Crippen LogP contribution in [0.2, 0.25) is 0 Å². The molecule has 0 unspecified atom stereocenters. The molecule has 0 aliphatic carbocycles. The monoisotopic (exact) mass is 367 g/mol. The first-order valence-corrected chi connectivity index (χ1v) is 8.50. The molecular weight excluding hydrogens is 346 g/mol. The normalized spacial score (nSPS) is 10.7. The first kappa shape index (κ1) is 18.4. The Balaban J connectivity index is 1.93. The molecule has 8 nitrogen and oxygen atoms in total. The van der Waals surface area contributed by atoms with Crippen LogP contribution in [0.3, 0.4) is 0 Å². The van der Waals surface area contributed by atoms with Crippen LogP contribution >= 0.6 is 0 Å². The highest BCUT2D eigenvalue weighted by Gasteiger charge is 2.18. The van der Waals surface area contributed by atoms with Crippen molar-refractivity contribution in [3.63, 3.8) is 0 Å². The van der Waals surface area contributed by atoms with Gasteiger partial charge in [-0.25, -0.2) is 0 Å². The summed E-state index contributed by atoms with van der Waals surface area (Å²) in [5.74, 6) is -0.672. The molecule has 0 bridgehead atoms. The van der Waals surface area contributed by atoms with Crippen molar-refractivity contribution in [1.29, 1.82) is 0 Å². The number of rotatable bonds is 7. The Hall–Kier alpha value is -3.39. The van der Waals surface area contributed by atoms with Crippen molar-refractivity contribution in [3.05, 3.63) is 53.7 Å². The van der Waals surface area contributed by atoms with E-state index in [0.29, 0.717) is 30.2 Å². The van der Waals surface area contributed by atoms with E-state index >= 15 is 0 Å². The summed E-state index contributed by atoms with van der Waals surface area (Å²) in [6.07, 6.45) is 0.757. The Morgan fingerprint density at radius 3 is 2.70 bits per heavy atom. The van der Waals surface area contributed by atoms with Gasteiger partial charge in [0.2, 0.25) is 0 Å². The highest BCUT2D eigenvalue weighted by atomic mass is 16.5. The number of para-hydroxylation sites is 1. The average molecular weight is 367 g/mol. The number of carbonyl (C=O) groups excluding carboxylic acids is 2. The van der Waals surface area contributed by atoms with Crippen LogP contribution in [0.4, 0.5) is 5.69 Å². The lowest BCUT2D eigenvalue weighted by molar-refractivity contribution is 0.0993. The minimum atomic E-state index is -0.639. The summed E-state index contributed by atoms with van der Waals surface area (Å²) in [5, 5.41) is 7.96. The van der Waals surface area contributed by atoms with Crippen molar-refractivity contribution >= 4 is 28.4 Å². The fourth-order valence-corrected chi connectivity index (χ4v) is 2.88. The lowest BCUT2D eigenvalue weighted by atomic mass is 10.1. The van der Waals surface area contributed by atoms with Crippen LogP contribution in [0.5, 0.6) is 5.75 Å². The van der Waals surface area contributed by atoms with E-state index in [-0.39, 0.29) is 11.5 Å². The summed E-state index contributed by atoms with van der Waals surface area (Å²) >= 11 is 0. The van der Waals surface area contributed by atoms with Gasteiger partial charge < -0.3 is 21.5 Å². The van der Waals surface area contributed by atoms with Gasteiger partial charge in [0.1, 0.15) is 5.75 Å². The zero-order valence-corrected chi connectivity index (χ0v) is 14.9. The van der Waals surface area contributed by atoms with E-state index in [1.165, 1.54) is 13.2 Å².